The maximum atomic E-state index is 2.41. The summed E-state index contributed by atoms with van der Waals surface area (Å²) in [6.07, 6.45) is 5.56. The maximum absolute atomic E-state index is 2.41. The molecule has 2 bridgehead atoms. The Morgan fingerprint density at radius 2 is 0.920 bits per heavy atom. The third kappa shape index (κ3) is 2.20. The van der Waals surface area contributed by atoms with Crippen molar-refractivity contribution in [3.8, 4) is 11.1 Å². The Labute approximate surface area is 150 Å². The minimum atomic E-state index is 0.247. The summed E-state index contributed by atoms with van der Waals surface area (Å²) < 4.78 is 0. The van der Waals surface area contributed by atoms with Crippen LogP contribution in [0.1, 0.15) is 36.8 Å². The molecule has 5 rings (SSSR count). The van der Waals surface area contributed by atoms with Gasteiger partial charge in [-0.2, -0.15) is 0 Å². The number of hydrogen-bond acceptors (Lipinski definition) is 0. The van der Waals surface area contributed by atoms with E-state index in [4.69, 9.17) is 0 Å². The van der Waals surface area contributed by atoms with E-state index >= 15 is 0 Å². The summed E-state index contributed by atoms with van der Waals surface area (Å²) in [5, 5.41) is 0. The highest BCUT2D eigenvalue weighted by atomic mass is 14.6. The topological polar surface area (TPSA) is 0 Å². The van der Waals surface area contributed by atoms with E-state index in [1.54, 1.807) is 0 Å². The van der Waals surface area contributed by atoms with E-state index in [1.165, 1.54) is 47.9 Å². The van der Waals surface area contributed by atoms with Crippen LogP contribution in [-0.2, 0) is 5.41 Å². The minimum Gasteiger partial charge on any atom is -0.0622 e. The molecule has 0 N–H and O–H groups in total. The second-order valence-corrected chi connectivity index (χ2v) is 7.73. The molecule has 0 atom stereocenters. The van der Waals surface area contributed by atoms with Gasteiger partial charge in [0.25, 0.3) is 0 Å². The van der Waals surface area contributed by atoms with Crippen LogP contribution in [-0.4, -0.2) is 0 Å². The molecule has 2 fully saturated rings. The standard InChI is InChI=1S/C25H24/c1-3-7-19(8-4-1)20-11-13-22(14-12-20)25(21-9-5-2-6-10-21)23-15-16-24(25)18-17-23/h1-14,23-24H,15-18H2. The molecular weight excluding hydrogens is 300 g/mol. The Bertz CT molecular complexity index is 826. The Morgan fingerprint density at radius 1 is 0.480 bits per heavy atom. The summed E-state index contributed by atoms with van der Waals surface area (Å²) in [4.78, 5) is 0. The molecule has 2 aliphatic carbocycles. The first kappa shape index (κ1) is 15.0. The van der Waals surface area contributed by atoms with Crippen LogP contribution in [0.3, 0.4) is 0 Å². The molecule has 0 heterocycles. The molecule has 3 aromatic rings. The Morgan fingerprint density at radius 3 is 1.48 bits per heavy atom. The largest absolute Gasteiger partial charge is 0.0622 e. The fourth-order valence-electron chi connectivity index (χ4n) is 5.73. The van der Waals surface area contributed by atoms with E-state index in [0.717, 1.165) is 11.8 Å². The molecule has 0 radical (unpaired) electrons. The van der Waals surface area contributed by atoms with Crippen molar-refractivity contribution in [2.75, 3.05) is 0 Å². The zero-order valence-electron chi connectivity index (χ0n) is 14.6. The summed E-state index contributed by atoms with van der Waals surface area (Å²) in [5.41, 5.74) is 5.93. The number of fused-ring (bicyclic) bond motifs is 2. The second-order valence-electron chi connectivity index (χ2n) is 7.73. The van der Waals surface area contributed by atoms with Gasteiger partial charge in [-0.1, -0.05) is 84.9 Å². The lowest BCUT2D eigenvalue weighted by Gasteiger charge is -2.36. The van der Waals surface area contributed by atoms with Crippen molar-refractivity contribution in [3.63, 3.8) is 0 Å². The number of benzene rings is 3. The molecule has 0 nitrogen and oxygen atoms in total. The summed E-state index contributed by atoms with van der Waals surface area (Å²) in [6, 6.07) is 31.5. The molecule has 3 aromatic carbocycles. The third-order valence-electron chi connectivity index (χ3n) is 6.74. The molecular formula is C25H24. The molecule has 0 spiro atoms. The van der Waals surface area contributed by atoms with Crippen LogP contribution >= 0.6 is 0 Å². The van der Waals surface area contributed by atoms with E-state index in [0.29, 0.717) is 0 Å². The van der Waals surface area contributed by atoms with Crippen molar-refractivity contribution in [2.45, 2.75) is 31.1 Å². The summed E-state index contributed by atoms with van der Waals surface area (Å²) in [7, 11) is 0. The van der Waals surface area contributed by atoms with Crippen molar-refractivity contribution in [1.29, 1.82) is 0 Å². The maximum Gasteiger partial charge on any atom is 0.0259 e. The van der Waals surface area contributed by atoms with Gasteiger partial charge in [-0.15, -0.1) is 0 Å². The van der Waals surface area contributed by atoms with Gasteiger partial charge in [0.15, 0.2) is 0 Å². The van der Waals surface area contributed by atoms with Crippen LogP contribution in [0.25, 0.3) is 11.1 Å². The van der Waals surface area contributed by atoms with Crippen LogP contribution < -0.4 is 0 Å². The van der Waals surface area contributed by atoms with Gasteiger partial charge in [-0.25, -0.2) is 0 Å². The molecule has 0 amide bonds. The van der Waals surface area contributed by atoms with Gasteiger partial charge in [0, 0.05) is 5.41 Å². The Kier molecular flexibility index (Phi) is 3.52. The van der Waals surface area contributed by atoms with Crippen molar-refractivity contribution in [2.24, 2.45) is 11.8 Å². The van der Waals surface area contributed by atoms with E-state index in [9.17, 15) is 0 Å². The zero-order valence-corrected chi connectivity index (χ0v) is 14.6. The van der Waals surface area contributed by atoms with Gasteiger partial charge >= 0.3 is 0 Å². The summed E-state index contributed by atoms with van der Waals surface area (Å²) >= 11 is 0. The predicted octanol–water partition coefficient (Wildman–Crippen LogP) is 6.46. The molecule has 124 valence electrons. The van der Waals surface area contributed by atoms with Crippen molar-refractivity contribution in [1.82, 2.24) is 0 Å². The molecule has 2 saturated carbocycles. The van der Waals surface area contributed by atoms with Crippen LogP contribution in [0.15, 0.2) is 84.9 Å². The monoisotopic (exact) mass is 324 g/mol. The van der Waals surface area contributed by atoms with Gasteiger partial charge in [-0.3, -0.25) is 0 Å². The first-order valence-corrected chi connectivity index (χ1v) is 9.60. The third-order valence-corrected chi connectivity index (χ3v) is 6.74. The quantitative estimate of drug-likeness (QED) is 0.518. The fourth-order valence-corrected chi connectivity index (χ4v) is 5.73. The lowest BCUT2D eigenvalue weighted by atomic mass is 9.67. The SMILES string of the molecule is c1ccc(-c2ccc(C3(c4ccccc4)C4CCC3CC4)cc2)cc1. The molecule has 0 heteroatoms. The van der Waals surface area contributed by atoms with Crippen LogP contribution in [0.5, 0.6) is 0 Å². The first-order chi connectivity index (χ1) is 12.4. The van der Waals surface area contributed by atoms with Crippen molar-refractivity contribution >= 4 is 0 Å². The normalized spacial score (nSPS) is 27.5. The lowest BCUT2D eigenvalue weighted by molar-refractivity contribution is 0.390. The lowest BCUT2D eigenvalue weighted by Crippen LogP contribution is -2.33. The van der Waals surface area contributed by atoms with Gasteiger partial charge in [0.2, 0.25) is 0 Å². The van der Waals surface area contributed by atoms with E-state index in [1.807, 2.05) is 0 Å². The van der Waals surface area contributed by atoms with Crippen LogP contribution in [0.4, 0.5) is 0 Å². The van der Waals surface area contributed by atoms with Gasteiger partial charge < -0.3 is 0 Å². The molecule has 0 aromatic heterocycles. The first-order valence-electron chi connectivity index (χ1n) is 9.60. The average Bonchev–Trinajstić information content (AvgIpc) is 3.26. The number of hydrogen-bond donors (Lipinski definition) is 0. The zero-order chi connectivity index (χ0) is 16.7. The number of rotatable bonds is 3. The highest BCUT2D eigenvalue weighted by molar-refractivity contribution is 5.64. The van der Waals surface area contributed by atoms with Crippen LogP contribution in [0.2, 0.25) is 0 Å². The van der Waals surface area contributed by atoms with E-state index in [-0.39, 0.29) is 5.41 Å². The molecule has 0 saturated heterocycles. The Hall–Kier alpha value is -2.34. The smallest absolute Gasteiger partial charge is 0.0259 e. The predicted molar refractivity (Wildman–Crippen MR) is 105 cm³/mol. The molecule has 25 heavy (non-hydrogen) atoms. The summed E-state index contributed by atoms with van der Waals surface area (Å²) in [6.45, 7) is 0. The van der Waals surface area contributed by atoms with Crippen LogP contribution in [0, 0.1) is 11.8 Å². The minimum absolute atomic E-state index is 0.247. The highest BCUT2D eigenvalue weighted by Crippen LogP contribution is 2.62. The van der Waals surface area contributed by atoms with E-state index in [2.05, 4.69) is 84.9 Å². The second kappa shape index (κ2) is 5.88. The van der Waals surface area contributed by atoms with Gasteiger partial charge in [0.05, 0.1) is 0 Å². The van der Waals surface area contributed by atoms with Gasteiger partial charge in [-0.05, 0) is 59.8 Å². The molecule has 0 aliphatic heterocycles. The Balaban J connectivity index is 1.62. The van der Waals surface area contributed by atoms with Gasteiger partial charge in [0.1, 0.15) is 0 Å². The molecule has 0 unspecified atom stereocenters. The highest BCUT2D eigenvalue weighted by Gasteiger charge is 2.55. The fraction of sp³-hybridized carbons (Fsp3) is 0.280. The molecule has 2 aliphatic rings. The van der Waals surface area contributed by atoms with E-state index < -0.39 is 0 Å². The van der Waals surface area contributed by atoms with Crippen molar-refractivity contribution < 1.29 is 0 Å². The van der Waals surface area contributed by atoms with Crippen molar-refractivity contribution in [3.05, 3.63) is 96.1 Å². The summed E-state index contributed by atoms with van der Waals surface area (Å²) in [5.74, 6) is 1.62. The average molecular weight is 324 g/mol.